The molecule has 0 radical (unpaired) electrons. The Morgan fingerprint density at radius 1 is 1.23 bits per heavy atom. The Morgan fingerprint density at radius 2 is 2.00 bits per heavy atom. The van der Waals surface area contributed by atoms with Crippen molar-refractivity contribution in [3.05, 3.63) is 52.0 Å². The number of carbonyl (C=O) groups excluding carboxylic acids is 2. The third-order valence-corrected chi connectivity index (χ3v) is 6.79. The summed E-state index contributed by atoms with van der Waals surface area (Å²) >= 11 is 1.70. The van der Waals surface area contributed by atoms with Crippen LogP contribution >= 0.6 is 11.3 Å². The van der Waals surface area contributed by atoms with Crippen LogP contribution in [0.2, 0.25) is 0 Å². The summed E-state index contributed by atoms with van der Waals surface area (Å²) in [5, 5.41) is 2.05. The van der Waals surface area contributed by atoms with Gasteiger partial charge in [0.2, 0.25) is 11.8 Å². The number of ether oxygens (including phenoxy) is 1. The Morgan fingerprint density at radius 3 is 2.70 bits per heavy atom. The van der Waals surface area contributed by atoms with Crippen LogP contribution in [-0.2, 0) is 16.0 Å². The van der Waals surface area contributed by atoms with Gasteiger partial charge >= 0.3 is 0 Å². The lowest BCUT2D eigenvalue weighted by molar-refractivity contribution is -0.142. The number of amides is 2. The number of rotatable bonds is 8. The molecule has 30 heavy (non-hydrogen) atoms. The standard InChI is InChI=1S/C23H27FN2O3S/c1-2-22(27)25(13-16-3-4-16)14-23(28)26-11-9-21-19(10-12-30-21)20(26)15-29-18-7-5-17(24)6-8-18/h5-8,10,12,16,20H,2-4,9,11,13-15H2,1H3. The predicted octanol–water partition coefficient (Wildman–Crippen LogP) is 4.04. The maximum atomic E-state index is 13.3. The molecule has 2 aromatic rings. The molecule has 7 heteroatoms. The van der Waals surface area contributed by atoms with Crippen LogP contribution in [0, 0.1) is 11.7 Å². The average Bonchev–Trinajstić information content (AvgIpc) is 3.44. The summed E-state index contributed by atoms with van der Waals surface area (Å²) in [6.45, 7) is 3.54. The Hall–Kier alpha value is -2.41. The summed E-state index contributed by atoms with van der Waals surface area (Å²) < 4.78 is 19.1. The fourth-order valence-corrected chi connectivity index (χ4v) is 4.85. The van der Waals surface area contributed by atoms with Crippen molar-refractivity contribution >= 4 is 23.2 Å². The molecule has 4 rings (SSSR count). The lowest BCUT2D eigenvalue weighted by Crippen LogP contribution is -2.48. The molecule has 1 aliphatic carbocycles. The molecule has 2 aliphatic rings. The molecule has 1 atom stereocenters. The van der Waals surface area contributed by atoms with E-state index >= 15 is 0 Å². The number of nitrogens with zero attached hydrogens (tertiary/aromatic N) is 2. The van der Waals surface area contributed by atoms with Crippen molar-refractivity contribution in [3.8, 4) is 5.75 Å². The van der Waals surface area contributed by atoms with E-state index < -0.39 is 0 Å². The molecule has 0 spiro atoms. The highest BCUT2D eigenvalue weighted by Gasteiger charge is 2.34. The van der Waals surface area contributed by atoms with Gasteiger partial charge < -0.3 is 14.5 Å². The van der Waals surface area contributed by atoms with Gasteiger partial charge in [-0.1, -0.05) is 6.92 Å². The monoisotopic (exact) mass is 430 g/mol. The highest BCUT2D eigenvalue weighted by molar-refractivity contribution is 7.10. The van der Waals surface area contributed by atoms with Crippen LogP contribution < -0.4 is 4.74 Å². The van der Waals surface area contributed by atoms with Gasteiger partial charge in [-0.05, 0) is 66.5 Å². The smallest absolute Gasteiger partial charge is 0.242 e. The third-order valence-electron chi connectivity index (χ3n) is 5.79. The molecule has 160 valence electrons. The molecular formula is C23H27FN2O3S. The molecule has 1 unspecified atom stereocenters. The van der Waals surface area contributed by atoms with Crippen LogP contribution in [0.4, 0.5) is 4.39 Å². The van der Waals surface area contributed by atoms with Crippen LogP contribution in [0.15, 0.2) is 35.7 Å². The zero-order valence-electron chi connectivity index (χ0n) is 17.2. The number of thiophene rings is 1. The first-order valence-electron chi connectivity index (χ1n) is 10.6. The zero-order valence-corrected chi connectivity index (χ0v) is 18.0. The topological polar surface area (TPSA) is 49.9 Å². The zero-order chi connectivity index (χ0) is 21.1. The van der Waals surface area contributed by atoms with Crippen LogP contribution in [0.3, 0.4) is 0 Å². The minimum absolute atomic E-state index is 0.0302. The minimum atomic E-state index is -0.312. The number of benzene rings is 1. The largest absolute Gasteiger partial charge is 0.491 e. The Balaban J connectivity index is 1.48. The van der Waals surface area contributed by atoms with Crippen molar-refractivity contribution < 1.29 is 18.7 Å². The number of hydrogen-bond donors (Lipinski definition) is 0. The minimum Gasteiger partial charge on any atom is -0.491 e. The summed E-state index contributed by atoms with van der Waals surface area (Å²) in [5.41, 5.74) is 1.11. The van der Waals surface area contributed by atoms with E-state index in [1.54, 1.807) is 28.4 Å². The molecule has 1 saturated carbocycles. The maximum Gasteiger partial charge on any atom is 0.242 e. The van der Waals surface area contributed by atoms with Gasteiger partial charge in [-0.15, -0.1) is 11.3 Å². The number of halogens is 1. The quantitative estimate of drug-likeness (QED) is 0.635. The Bertz CT molecular complexity index is 894. The summed E-state index contributed by atoms with van der Waals surface area (Å²) in [6, 6.07) is 7.75. The molecule has 2 amide bonds. The van der Waals surface area contributed by atoms with Gasteiger partial charge in [0, 0.05) is 24.4 Å². The van der Waals surface area contributed by atoms with Crippen molar-refractivity contribution in [2.45, 2.75) is 38.6 Å². The van der Waals surface area contributed by atoms with Gasteiger partial charge in [-0.3, -0.25) is 9.59 Å². The van der Waals surface area contributed by atoms with E-state index in [-0.39, 0.29) is 30.2 Å². The molecule has 0 saturated heterocycles. The first-order valence-corrected chi connectivity index (χ1v) is 11.4. The van der Waals surface area contributed by atoms with E-state index in [1.807, 2.05) is 17.2 Å². The van der Waals surface area contributed by atoms with Crippen LogP contribution in [0.5, 0.6) is 5.75 Å². The molecule has 5 nitrogen and oxygen atoms in total. The van der Waals surface area contributed by atoms with E-state index in [0.29, 0.717) is 37.8 Å². The fourth-order valence-electron chi connectivity index (χ4n) is 3.92. The van der Waals surface area contributed by atoms with Crippen molar-refractivity contribution in [1.29, 1.82) is 0 Å². The van der Waals surface area contributed by atoms with Crippen LogP contribution in [0.1, 0.15) is 42.7 Å². The van der Waals surface area contributed by atoms with E-state index in [4.69, 9.17) is 4.74 Å². The summed E-state index contributed by atoms with van der Waals surface area (Å²) in [5.74, 6) is 0.788. The maximum absolute atomic E-state index is 13.3. The Kier molecular flexibility index (Phi) is 6.37. The van der Waals surface area contributed by atoms with Gasteiger partial charge in [0.15, 0.2) is 0 Å². The first-order chi connectivity index (χ1) is 14.5. The van der Waals surface area contributed by atoms with E-state index in [0.717, 1.165) is 24.8 Å². The molecule has 1 aromatic heterocycles. The van der Waals surface area contributed by atoms with Crippen LogP contribution in [0.25, 0.3) is 0 Å². The molecule has 1 aromatic carbocycles. The third kappa shape index (κ3) is 4.83. The molecule has 1 fully saturated rings. The highest BCUT2D eigenvalue weighted by Crippen LogP contribution is 2.34. The normalized spacial score (nSPS) is 18.1. The first kappa shape index (κ1) is 20.8. The molecule has 1 aliphatic heterocycles. The Labute approximate surface area is 180 Å². The second-order valence-electron chi connectivity index (χ2n) is 7.99. The van der Waals surface area contributed by atoms with E-state index in [1.165, 1.54) is 17.0 Å². The lowest BCUT2D eigenvalue weighted by Gasteiger charge is -2.37. The van der Waals surface area contributed by atoms with Crippen molar-refractivity contribution in [3.63, 3.8) is 0 Å². The van der Waals surface area contributed by atoms with E-state index in [9.17, 15) is 14.0 Å². The number of fused-ring (bicyclic) bond motifs is 1. The van der Waals surface area contributed by atoms with Crippen molar-refractivity contribution in [2.24, 2.45) is 5.92 Å². The van der Waals surface area contributed by atoms with Gasteiger partial charge in [0.05, 0.1) is 12.6 Å². The fraction of sp³-hybridized carbons (Fsp3) is 0.478. The van der Waals surface area contributed by atoms with E-state index in [2.05, 4.69) is 6.07 Å². The summed E-state index contributed by atoms with van der Waals surface area (Å²) in [7, 11) is 0. The van der Waals surface area contributed by atoms with Crippen LogP contribution in [-0.4, -0.2) is 47.9 Å². The van der Waals surface area contributed by atoms with Gasteiger partial charge in [0.1, 0.15) is 18.2 Å². The predicted molar refractivity (Wildman–Crippen MR) is 114 cm³/mol. The van der Waals surface area contributed by atoms with Gasteiger partial charge in [0.25, 0.3) is 0 Å². The second-order valence-corrected chi connectivity index (χ2v) is 8.99. The molecule has 2 heterocycles. The SMILES string of the molecule is CCC(=O)N(CC(=O)N1CCc2sccc2C1COc1ccc(F)cc1)CC1CC1. The average molecular weight is 431 g/mol. The second kappa shape index (κ2) is 9.16. The molecule has 0 bridgehead atoms. The summed E-state index contributed by atoms with van der Waals surface area (Å²) in [4.78, 5) is 30.5. The van der Waals surface area contributed by atoms with Gasteiger partial charge in [-0.2, -0.15) is 0 Å². The summed E-state index contributed by atoms with van der Waals surface area (Å²) in [6.07, 6.45) is 3.50. The number of carbonyl (C=O) groups is 2. The lowest BCUT2D eigenvalue weighted by atomic mass is 10.0. The number of hydrogen-bond acceptors (Lipinski definition) is 4. The van der Waals surface area contributed by atoms with Crippen molar-refractivity contribution in [1.82, 2.24) is 9.80 Å². The molecule has 0 N–H and O–H groups in total. The molecular weight excluding hydrogens is 403 g/mol. The highest BCUT2D eigenvalue weighted by atomic mass is 32.1. The van der Waals surface area contributed by atoms with Crippen molar-refractivity contribution in [2.75, 3.05) is 26.2 Å². The van der Waals surface area contributed by atoms with Gasteiger partial charge in [-0.25, -0.2) is 4.39 Å².